The number of hydrogen-bond donors (Lipinski definition) is 0. The molecule has 2 aromatic rings. The maximum Gasteiger partial charge on any atom is 0.160 e. The molecule has 0 radical (unpaired) electrons. The Kier molecular flexibility index (Phi) is 5.59. The first-order chi connectivity index (χ1) is 12.2. The Hall–Kier alpha value is -2.49. The van der Waals surface area contributed by atoms with Crippen LogP contribution in [0.15, 0.2) is 53.5 Å². The summed E-state index contributed by atoms with van der Waals surface area (Å²) in [5.74, 6) is 3.29. The Morgan fingerprint density at radius 3 is 2.52 bits per heavy atom. The van der Waals surface area contributed by atoms with E-state index >= 15 is 0 Å². The van der Waals surface area contributed by atoms with Crippen LogP contribution in [0.1, 0.15) is 23.5 Å². The summed E-state index contributed by atoms with van der Waals surface area (Å²) in [5.41, 5.74) is 2.61. The number of ether oxygens (including phenoxy) is 2. The lowest BCUT2D eigenvalue weighted by atomic mass is 9.98. The normalized spacial score (nSPS) is 18.6. The van der Waals surface area contributed by atoms with E-state index in [0.717, 1.165) is 37.4 Å². The molecule has 0 N–H and O–H groups in total. The second-order valence-corrected chi connectivity index (χ2v) is 6.43. The van der Waals surface area contributed by atoms with E-state index < -0.39 is 0 Å². The Morgan fingerprint density at radius 1 is 1.04 bits per heavy atom. The number of benzene rings is 2. The van der Waals surface area contributed by atoms with Crippen LogP contribution in [0.3, 0.4) is 0 Å². The minimum atomic E-state index is 0.547. The number of methoxy groups -OCH3 is 2. The molecule has 0 amide bonds. The first-order valence-corrected chi connectivity index (χ1v) is 8.71. The van der Waals surface area contributed by atoms with Gasteiger partial charge in [0.25, 0.3) is 0 Å². The molecule has 1 aliphatic heterocycles. The lowest BCUT2D eigenvalue weighted by Gasteiger charge is -2.12. The predicted octanol–water partition coefficient (Wildman–Crippen LogP) is 3.76. The van der Waals surface area contributed by atoms with Gasteiger partial charge in [-0.15, -0.1) is 0 Å². The van der Waals surface area contributed by atoms with Crippen molar-refractivity contribution in [2.45, 2.75) is 18.8 Å². The summed E-state index contributed by atoms with van der Waals surface area (Å²) >= 11 is 0. The summed E-state index contributed by atoms with van der Waals surface area (Å²) in [7, 11) is 5.46. The van der Waals surface area contributed by atoms with Gasteiger partial charge < -0.3 is 14.4 Å². The molecule has 1 heterocycles. The molecule has 1 fully saturated rings. The third kappa shape index (κ3) is 4.13. The molecule has 1 aliphatic rings. The topological polar surface area (TPSA) is 34.1 Å². The molecule has 0 spiro atoms. The van der Waals surface area contributed by atoms with Crippen LogP contribution in [0.5, 0.6) is 11.5 Å². The molecule has 4 heteroatoms. The highest BCUT2D eigenvalue weighted by Crippen LogP contribution is 2.29. The molecular weight excluding hydrogens is 312 g/mol. The highest BCUT2D eigenvalue weighted by atomic mass is 16.5. The van der Waals surface area contributed by atoms with Crippen LogP contribution in [-0.4, -0.2) is 45.1 Å². The Bertz CT molecular complexity index is 728. The minimum Gasteiger partial charge on any atom is -0.493 e. The van der Waals surface area contributed by atoms with E-state index in [-0.39, 0.29) is 0 Å². The van der Waals surface area contributed by atoms with Crippen LogP contribution in [0.4, 0.5) is 0 Å². The van der Waals surface area contributed by atoms with E-state index in [2.05, 4.69) is 48.3 Å². The van der Waals surface area contributed by atoms with E-state index in [1.165, 1.54) is 17.0 Å². The molecular formula is C21H26N2O2. The molecule has 1 atom stereocenters. The van der Waals surface area contributed by atoms with Crippen molar-refractivity contribution in [2.24, 2.45) is 4.99 Å². The zero-order chi connectivity index (χ0) is 17.6. The highest BCUT2D eigenvalue weighted by molar-refractivity contribution is 5.85. The molecule has 1 unspecified atom stereocenters. The van der Waals surface area contributed by atoms with Gasteiger partial charge in [0, 0.05) is 32.5 Å². The van der Waals surface area contributed by atoms with Crippen molar-refractivity contribution >= 4 is 5.84 Å². The SMILES string of the molecule is COc1ccc(CCN=C2CC(c3ccccc3)CN2C)cc1OC. The molecule has 25 heavy (non-hydrogen) atoms. The van der Waals surface area contributed by atoms with Gasteiger partial charge in [0.15, 0.2) is 11.5 Å². The van der Waals surface area contributed by atoms with Crippen molar-refractivity contribution in [2.75, 3.05) is 34.4 Å². The molecule has 0 bridgehead atoms. The molecule has 2 aromatic carbocycles. The van der Waals surface area contributed by atoms with Crippen molar-refractivity contribution in [1.82, 2.24) is 4.90 Å². The second kappa shape index (κ2) is 8.06. The highest BCUT2D eigenvalue weighted by Gasteiger charge is 2.25. The summed E-state index contributed by atoms with van der Waals surface area (Å²) in [5, 5.41) is 0. The van der Waals surface area contributed by atoms with E-state index in [1.54, 1.807) is 14.2 Å². The minimum absolute atomic E-state index is 0.547. The van der Waals surface area contributed by atoms with Gasteiger partial charge in [0.05, 0.1) is 20.1 Å². The molecule has 4 nitrogen and oxygen atoms in total. The van der Waals surface area contributed by atoms with Gasteiger partial charge in [-0.05, 0) is 29.7 Å². The van der Waals surface area contributed by atoms with E-state index in [4.69, 9.17) is 14.5 Å². The van der Waals surface area contributed by atoms with E-state index in [9.17, 15) is 0 Å². The number of nitrogens with zero attached hydrogens (tertiary/aromatic N) is 2. The first-order valence-electron chi connectivity index (χ1n) is 8.71. The average molecular weight is 338 g/mol. The second-order valence-electron chi connectivity index (χ2n) is 6.43. The zero-order valence-electron chi connectivity index (χ0n) is 15.2. The molecule has 0 saturated carbocycles. The number of likely N-dealkylation sites (tertiary alicyclic amines) is 1. The monoisotopic (exact) mass is 338 g/mol. The lowest BCUT2D eigenvalue weighted by Crippen LogP contribution is -2.20. The summed E-state index contributed by atoms with van der Waals surface area (Å²) < 4.78 is 10.7. The largest absolute Gasteiger partial charge is 0.493 e. The fraction of sp³-hybridized carbons (Fsp3) is 0.381. The maximum absolute atomic E-state index is 5.37. The third-order valence-corrected chi connectivity index (χ3v) is 4.78. The smallest absolute Gasteiger partial charge is 0.160 e. The van der Waals surface area contributed by atoms with Crippen molar-refractivity contribution in [1.29, 1.82) is 0 Å². The third-order valence-electron chi connectivity index (χ3n) is 4.78. The van der Waals surface area contributed by atoms with Gasteiger partial charge in [-0.25, -0.2) is 0 Å². The van der Waals surface area contributed by atoms with Crippen LogP contribution in [0.2, 0.25) is 0 Å². The van der Waals surface area contributed by atoms with Gasteiger partial charge in [-0.3, -0.25) is 4.99 Å². The molecule has 1 saturated heterocycles. The van der Waals surface area contributed by atoms with Crippen LogP contribution in [-0.2, 0) is 6.42 Å². The average Bonchev–Trinajstić information content (AvgIpc) is 3.03. The van der Waals surface area contributed by atoms with Gasteiger partial charge in [0.1, 0.15) is 0 Å². The van der Waals surface area contributed by atoms with Crippen molar-refractivity contribution in [3.05, 3.63) is 59.7 Å². The first kappa shape index (κ1) is 17.3. The van der Waals surface area contributed by atoms with Crippen molar-refractivity contribution in [3.63, 3.8) is 0 Å². The lowest BCUT2D eigenvalue weighted by molar-refractivity contribution is 0.354. The molecule has 132 valence electrons. The fourth-order valence-corrected chi connectivity index (χ4v) is 3.36. The van der Waals surface area contributed by atoms with Crippen molar-refractivity contribution in [3.8, 4) is 11.5 Å². The van der Waals surface area contributed by atoms with Crippen molar-refractivity contribution < 1.29 is 9.47 Å². The fourth-order valence-electron chi connectivity index (χ4n) is 3.36. The summed E-state index contributed by atoms with van der Waals surface area (Å²) in [6, 6.07) is 16.8. The quantitative estimate of drug-likeness (QED) is 0.804. The Labute approximate surface area is 150 Å². The molecule has 3 rings (SSSR count). The van der Waals surface area contributed by atoms with Gasteiger partial charge in [-0.1, -0.05) is 36.4 Å². The van der Waals surface area contributed by atoms with E-state index in [1.807, 2.05) is 12.1 Å². The Morgan fingerprint density at radius 2 is 1.80 bits per heavy atom. The number of rotatable bonds is 6. The summed E-state index contributed by atoms with van der Waals surface area (Å²) in [6.07, 6.45) is 1.92. The van der Waals surface area contributed by atoms with Gasteiger partial charge in [-0.2, -0.15) is 0 Å². The van der Waals surface area contributed by atoms with Gasteiger partial charge >= 0.3 is 0 Å². The Balaban J connectivity index is 1.61. The van der Waals surface area contributed by atoms with Crippen LogP contribution in [0, 0.1) is 0 Å². The zero-order valence-corrected chi connectivity index (χ0v) is 15.2. The van der Waals surface area contributed by atoms with Gasteiger partial charge in [0.2, 0.25) is 0 Å². The number of aliphatic imine (C=N–C) groups is 1. The van der Waals surface area contributed by atoms with Crippen LogP contribution in [0.25, 0.3) is 0 Å². The maximum atomic E-state index is 5.37. The standard InChI is InChI=1S/C21H26N2O2/c1-23-15-18(17-7-5-4-6-8-17)14-21(23)22-12-11-16-9-10-19(24-2)20(13-16)25-3/h4-10,13,18H,11-12,14-15H2,1-3H3. The van der Waals surface area contributed by atoms with E-state index in [0.29, 0.717) is 5.92 Å². The van der Waals surface area contributed by atoms with Crippen LogP contribution < -0.4 is 9.47 Å². The number of amidine groups is 1. The number of likely N-dealkylation sites (N-methyl/N-ethyl adjacent to an activating group) is 1. The predicted molar refractivity (Wildman–Crippen MR) is 102 cm³/mol. The summed E-state index contributed by atoms with van der Waals surface area (Å²) in [4.78, 5) is 7.13. The van der Waals surface area contributed by atoms with Crippen LogP contribution >= 0.6 is 0 Å². The summed E-state index contributed by atoms with van der Waals surface area (Å²) in [6.45, 7) is 1.83. The molecule has 0 aromatic heterocycles. The molecule has 0 aliphatic carbocycles. The number of hydrogen-bond acceptors (Lipinski definition) is 3.